The highest BCUT2D eigenvalue weighted by molar-refractivity contribution is 7.98. The Bertz CT molecular complexity index is 880. The molecule has 2 aliphatic rings. The van der Waals surface area contributed by atoms with Gasteiger partial charge in [0.2, 0.25) is 0 Å². The van der Waals surface area contributed by atoms with Crippen LogP contribution >= 0.6 is 11.8 Å². The van der Waals surface area contributed by atoms with Crippen molar-refractivity contribution >= 4 is 11.8 Å². The minimum atomic E-state index is -1.04. The Morgan fingerprint density at radius 1 is 1.07 bits per heavy atom. The van der Waals surface area contributed by atoms with Gasteiger partial charge in [-0.05, 0) is 90.8 Å². The lowest BCUT2D eigenvalue weighted by atomic mass is 9.79. The van der Waals surface area contributed by atoms with Crippen molar-refractivity contribution in [3.05, 3.63) is 63.7 Å². The van der Waals surface area contributed by atoms with Crippen LogP contribution in [0.1, 0.15) is 58.7 Å². The van der Waals surface area contributed by atoms with Gasteiger partial charge >= 0.3 is 0 Å². The molecule has 0 radical (unpaired) electrons. The molecule has 0 unspecified atom stereocenters. The fourth-order valence-corrected chi connectivity index (χ4v) is 5.40. The molecular formula is C25H32O4S. The molecule has 1 saturated heterocycles. The molecule has 0 amide bonds. The predicted molar refractivity (Wildman–Crippen MR) is 120 cm³/mol. The molecule has 4 nitrogen and oxygen atoms in total. The monoisotopic (exact) mass is 428 g/mol. The second-order valence-electron chi connectivity index (χ2n) is 8.58. The fraction of sp³-hybridized carbons (Fsp3) is 0.520. The zero-order valence-corrected chi connectivity index (χ0v) is 18.6. The van der Waals surface area contributed by atoms with Crippen molar-refractivity contribution in [3.63, 3.8) is 0 Å². The van der Waals surface area contributed by atoms with Crippen molar-refractivity contribution < 1.29 is 20.1 Å². The predicted octanol–water partition coefficient (Wildman–Crippen LogP) is 3.73. The summed E-state index contributed by atoms with van der Waals surface area (Å²) in [6.45, 7) is 1.86. The molecule has 2 aromatic rings. The van der Waals surface area contributed by atoms with Crippen LogP contribution in [-0.4, -0.2) is 46.5 Å². The van der Waals surface area contributed by atoms with Gasteiger partial charge in [0.15, 0.2) is 0 Å². The van der Waals surface area contributed by atoms with E-state index in [1.807, 2.05) is 0 Å². The third kappa shape index (κ3) is 4.32. The van der Waals surface area contributed by atoms with Crippen LogP contribution in [0.3, 0.4) is 0 Å². The van der Waals surface area contributed by atoms with Gasteiger partial charge in [-0.2, -0.15) is 0 Å². The van der Waals surface area contributed by atoms with E-state index in [4.69, 9.17) is 4.74 Å². The van der Waals surface area contributed by atoms with E-state index in [9.17, 15) is 15.3 Å². The summed E-state index contributed by atoms with van der Waals surface area (Å²) in [5, 5.41) is 30.1. The summed E-state index contributed by atoms with van der Waals surface area (Å²) in [5.41, 5.74) is 7.88. The molecule has 162 valence electrons. The molecule has 0 saturated carbocycles. The molecular weight excluding hydrogens is 396 g/mol. The molecule has 4 rings (SSSR count). The van der Waals surface area contributed by atoms with Crippen LogP contribution in [0.4, 0.5) is 0 Å². The lowest BCUT2D eigenvalue weighted by molar-refractivity contribution is -0.181. The zero-order chi connectivity index (χ0) is 21.3. The molecule has 0 spiro atoms. The molecule has 0 aromatic heterocycles. The Morgan fingerprint density at radius 2 is 1.77 bits per heavy atom. The van der Waals surface area contributed by atoms with Gasteiger partial charge in [-0.25, -0.2) is 0 Å². The van der Waals surface area contributed by atoms with E-state index in [0.29, 0.717) is 6.42 Å². The second-order valence-corrected chi connectivity index (χ2v) is 9.46. The highest BCUT2D eigenvalue weighted by Crippen LogP contribution is 2.39. The van der Waals surface area contributed by atoms with Gasteiger partial charge in [0.1, 0.15) is 12.2 Å². The van der Waals surface area contributed by atoms with Crippen molar-refractivity contribution in [3.8, 4) is 0 Å². The lowest BCUT2D eigenvalue weighted by Gasteiger charge is -2.38. The third-order valence-corrected chi connectivity index (χ3v) is 7.46. The number of benzene rings is 2. The molecule has 1 aliphatic carbocycles. The van der Waals surface area contributed by atoms with Crippen LogP contribution in [0.25, 0.3) is 0 Å². The number of ether oxygens (including phenoxy) is 1. The number of aliphatic hydroxyl groups excluding tert-OH is 3. The van der Waals surface area contributed by atoms with Crippen molar-refractivity contribution in [1.82, 2.24) is 0 Å². The third-order valence-electron chi connectivity index (χ3n) is 6.72. The normalized spacial score (nSPS) is 26.4. The topological polar surface area (TPSA) is 69.9 Å². The molecule has 1 aliphatic heterocycles. The van der Waals surface area contributed by atoms with Crippen molar-refractivity contribution in [2.24, 2.45) is 0 Å². The Balaban J connectivity index is 1.71. The standard InChI is InChI=1S/C25H32O4S/c1-15-19-5-3-4-6-20(19)17(11-16-7-9-18(30-2)10-8-16)12-21(15)23-13-22(27)25(28)24(14-26)29-23/h7-10,12,22-28H,3-6,11,13-14H2,1-2H3/t22-,23-,24-,25-/m1/s1. The van der Waals surface area contributed by atoms with Crippen LogP contribution in [0.15, 0.2) is 35.2 Å². The summed E-state index contributed by atoms with van der Waals surface area (Å²) >= 11 is 1.75. The summed E-state index contributed by atoms with van der Waals surface area (Å²) in [4.78, 5) is 1.27. The molecule has 3 N–H and O–H groups in total. The average molecular weight is 429 g/mol. The van der Waals surface area contributed by atoms with Gasteiger partial charge in [0, 0.05) is 11.3 Å². The summed E-state index contributed by atoms with van der Waals surface area (Å²) in [6.07, 6.45) is 4.93. The van der Waals surface area contributed by atoms with Crippen LogP contribution in [0.5, 0.6) is 0 Å². The van der Waals surface area contributed by atoms with Gasteiger partial charge in [0.25, 0.3) is 0 Å². The first kappa shape index (κ1) is 21.8. The molecule has 5 heteroatoms. The van der Waals surface area contributed by atoms with Crippen LogP contribution < -0.4 is 0 Å². The summed E-state index contributed by atoms with van der Waals surface area (Å²) in [7, 11) is 0. The van der Waals surface area contributed by atoms with E-state index in [0.717, 1.165) is 24.8 Å². The van der Waals surface area contributed by atoms with Crippen molar-refractivity contribution in [2.75, 3.05) is 12.9 Å². The van der Waals surface area contributed by atoms with E-state index < -0.39 is 18.3 Å². The quantitative estimate of drug-likeness (QED) is 0.633. The summed E-state index contributed by atoms with van der Waals surface area (Å²) < 4.78 is 6.05. The average Bonchev–Trinajstić information content (AvgIpc) is 2.78. The Morgan fingerprint density at radius 3 is 2.43 bits per heavy atom. The first-order valence-corrected chi connectivity index (χ1v) is 12.1. The van der Waals surface area contributed by atoms with Crippen LogP contribution in [0, 0.1) is 6.92 Å². The van der Waals surface area contributed by atoms with Gasteiger partial charge < -0.3 is 20.1 Å². The Kier molecular flexibility index (Phi) is 6.85. The number of rotatable bonds is 5. The Labute approximate surface area is 183 Å². The molecule has 2 aromatic carbocycles. The number of hydrogen-bond donors (Lipinski definition) is 3. The molecule has 0 bridgehead atoms. The number of aliphatic hydroxyl groups is 3. The maximum atomic E-state index is 10.4. The Hall–Kier alpha value is -1.37. The highest BCUT2D eigenvalue weighted by atomic mass is 32.2. The first-order chi connectivity index (χ1) is 14.5. The van der Waals surface area contributed by atoms with E-state index in [1.54, 1.807) is 11.8 Å². The second kappa shape index (κ2) is 9.41. The number of hydrogen-bond acceptors (Lipinski definition) is 5. The molecule has 1 fully saturated rings. The fourth-order valence-electron chi connectivity index (χ4n) is 4.99. The van der Waals surface area contributed by atoms with Gasteiger partial charge in [-0.1, -0.05) is 18.2 Å². The largest absolute Gasteiger partial charge is 0.394 e. The van der Waals surface area contributed by atoms with Gasteiger partial charge in [-0.15, -0.1) is 11.8 Å². The summed E-state index contributed by atoms with van der Waals surface area (Å²) in [6, 6.07) is 11.0. The zero-order valence-electron chi connectivity index (χ0n) is 17.8. The van der Waals surface area contributed by atoms with Crippen LogP contribution in [-0.2, 0) is 24.0 Å². The summed E-state index contributed by atoms with van der Waals surface area (Å²) in [5.74, 6) is 0. The van der Waals surface area contributed by atoms with E-state index in [2.05, 4.69) is 43.5 Å². The van der Waals surface area contributed by atoms with E-state index in [-0.39, 0.29) is 12.7 Å². The minimum Gasteiger partial charge on any atom is -0.394 e. The minimum absolute atomic E-state index is 0.298. The SMILES string of the molecule is CSc1ccc(Cc2cc([C@H]3C[C@@H](O)[C@@H](O)[C@@H](CO)O3)c(C)c3c2CCCC3)cc1. The molecule has 4 atom stereocenters. The number of fused-ring (bicyclic) bond motifs is 1. The highest BCUT2D eigenvalue weighted by Gasteiger charge is 2.38. The first-order valence-electron chi connectivity index (χ1n) is 10.9. The van der Waals surface area contributed by atoms with Crippen molar-refractivity contribution in [1.29, 1.82) is 0 Å². The lowest BCUT2D eigenvalue weighted by Crippen LogP contribution is -2.47. The van der Waals surface area contributed by atoms with Crippen molar-refractivity contribution in [2.45, 2.75) is 74.8 Å². The number of thioether (sulfide) groups is 1. The molecule has 30 heavy (non-hydrogen) atoms. The van der Waals surface area contributed by atoms with Crippen LogP contribution in [0.2, 0.25) is 0 Å². The maximum absolute atomic E-state index is 10.4. The molecule has 1 heterocycles. The van der Waals surface area contributed by atoms with Gasteiger partial charge in [0.05, 0.1) is 18.8 Å². The smallest absolute Gasteiger partial charge is 0.110 e. The maximum Gasteiger partial charge on any atom is 0.110 e. The van der Waals surface area contributed by atoms with Gasteiger partial charge in [-0.3, -0.25) is 0 Å². The van der Waals surface area contributed by atoms with E-state index >= 15 is 0 Å². The van der Waals surface area contributed by atoms with E-state index in [1.165, 1.54) is 45.6 Å².